The van der Waals surface area contributed by atoms with Gasteiger partial charge in [0.1, 0.15) is 0 Å². The molecule has 0 fully saturated rings. The average Bonchev–Trinajstić information content (AvgIpc) is 2.45. The van der Waals surface area contributed by atoms with Gasteiger partial charge in [0.25, 0.3) is 0 Å². The summed E-state index contributed by atoms with van der Waals surface area (Å²) in [7, 11) is 0. The van der Waals surface area contributed by atoms with Crippen LogP contribution in [0, 0.1) is 11.8 Å². The Labute approximate surface area is 114 Å². The first-order valence-corrected chi connectivity index (χ1v) is 5.74. The van der Waals surface area contributed by atoms with Crippen molar-refractivity contribution in [3.63, 3.8) is 0 Å². The van der Waals surface area contributed by atoms with Crippen LogP contribution in [0.5, 0.6) is 0 Å². The molecule has 2 rings (SSSR count). The normalized spacial score (nSPS) is 10.6. The zero-order chi connectivity index (χ0) is 14.6. The minimum atomic E-state index is -4.48. The molecule has 0 N–H and O–H groups in total. The molecule has 0 unspecified atom stereocenters. The van der Waals surface area contributed by atoms with Crippen LogP contribution in [0.15, 0.2) is 48.5 Å². The van der Waals surface area contributed by atoms with Crippen molar-refractivity contribution in [1.82, 2.24) is 0 Å². The number of carbonyl (C=O) groups is 1. The second-order valence-electron chi connectivity index (χ2n) is 4.01. The van der Waals surface area contributed by atoms with Gasteiger partial charge < -0.3 is 0 Å². The predicted octanol–water partition coefficient (Wildman–Crippen LogP) is 3.92. The summed E-state index contributed by atoms with van der Waals surface area (Å²) >= 11 is 0. The number of carbonyl (C=O) groups excluding carboxylic acids is 1. The SMILES string of the molecule is O=CC#Cc1ccc(-c2ccccc2)c(C(F)(F)F)c1. The van der Waals surface area contributed by atoms with Crippen LogP contribution >= 0.6 is 0 Å². The fourth-order valence-electron chi connectivity index (χ4n) is 1.84. The van der Waals surface area contributed by atoms with Crippen LogP contribution in [-0.4, -0.2) is 6.29 Å². The van der Waals surface area contributed by atoms with E-state index in [4.69, 9.17) is 0 Å². The quantitative estimate of drug-likeness (QED) is 0.569. The summed E-state index contributed by atoms with van der Waals surface area (Å²) in [6.45, 7) is 0. The fraction of sp³-hybridized carbons (Fsp3) is 0.0625. The highest BCUT2D eigenvalue weighted by molar-refractivity contribution is 5.75. The molecule has 20 heavy (non-hydrogen) atoms. The minimum absolute atomic E-state index is 0.0924. The lowest BCUT2D eigenvalue weighted by molar-refractivity contribution is -0.137. The maximum Gasteiger partial charge on any atom is 0.417 e. The average molecular weight is 274 g/mol. The van der Waals surface area contributed by atoms with Crippen molar-refractivity contribution < 1.29 is 18.0 Å². The standard InChI is InChI=1S/C16H9F3O/c17-16(18,19)15-11-12(5-4-10-20)8-9-14(15)13-6-2-1-3-7-13/h1-3,6-11H. The third kappa shape index (κ3) is 3.07. The molecule has 0 spiro atoms. The van der Waals surface area contributed by atoms with Crippen molar-refractivity contribution in [2.75, 3.05) is 0 Å². The Morgan fingerprint density at radius 1 is 1.00 bits per heavy atom. The molecule has 2 aromatic rings. The molecule has 0 bridgehead atoms. The van der Waals surface area contributed by atoms with Gasteiger partial charge in [0.15, 0.2) is 6.29 Å². The van der Waals surface area contributed by atoms with Crippen molar-refractivity contribution in [2.45, 2.75) is 6.18 Å². The number of benzene rings is 2. The molecule has 0 saturated carbocycles. The van der Waals surface area contributed by atoms with Gasteiger partial charge in [0.05, 0.1) is 5.56 Å². The summed E-state index contributed by atoms with van der Waals surface area (Å²) < 4.78 is 39.4. The first kappa shape index (κ1) is 13.9. The first-order chi connectivity index (χ1) is 9.52. The van der Waals surface area contributed by atoms with Gasteiger partial charge in [0, 0.05) is 5.56 Å². The summed E-state index contributed by atoms with van der Waals surface area (Å²) in [6, 6.07) is 12.1. The van der Waals surface area contributed by atoms with Crippen molar-refractivity contribution in [3.05, 3.63) is 59.7 Å². The van der Waals surface area contributed by atoms with Gasteiger partial charge in [-0.1, -0.05) is 42.3 Å². The van der Waals surface area contributed by atoms with Crippen LogP contribution in [-0.2, 0) is 11.0 Å². The van der Waals surface area contributed by atoms with E-state index in [1.807, 2.05) is 0 Å². The molecular weight excluding hydrogens is 265 g/mol. The molecule has 0 atom stereocenters. The predicted molar refractivity (Wildman–Crippen MR) is 69.8 cm³/mol. The lowest BCUT2D eigenvalue weighted by atomic mass is 9.97. The highest BCUT2D eigenvalue weighted by Gasteiger charge is 2.33. The fourth-order valence-corrected chi connectivity index (χ4v) is 1.84. The molecular formula is C16H9F3O. The van der Waals surface area contributed by atoms with Gasteiger partial charge in [0.2, 0.25) is 0 Å². The molecule has 0 amide bonds. The largest absolute Gasteiger partial charge is 0.417 e. The molecule has 2 aromatic carbocycles. The number of rotatable bonds is 1. The summed E-state index contributed by atoms with van der Waals surface area (Å²) in [6.07, 6.45) is -4.14. The number of halogens is 3. The zero-order valence-electron chi connectivity index (χ0n) is 10.2. The Bertz CT molecular complexity index is 676. The number of aldehydes is 1. The highest BCUT2D eigenvalue weighted by Crippen LogP contribution is 2.37. The maximum absolute atomic E-state index is 13.1. The van der Waals surface area contributed by atoms with Gasteiger partial charge in [-0.2, -0.15) is 13.2 Å². The smallest absolute Gasteiger partial charge is 0.289 e. The van der Waals surface area contributed by atoms with Crippen LogP contribution < -0.4 is 0 Å². The van der Waals surface area contributed by atoms with Crippen LogP contribution in [0.4, 0.5) is 13.2 Å². The van der Waals surface area contributed by atoms with E-state index in [1.54, 1.807) is 30.3 Å². The Hall–Kier alpha value is -2.54. The van der Waals surface area contributed by atoms with Crippen molar-refractivity contribution >= 4 is 6.29 Å². The zero-order valence-corrected chi connectivity index (χ0v) is 10.2. The lowest BCUT2D eigenvalue weighted by Gasteiger charge is -2.13. The molecule has 4 heteroatoms. The van der Waals surface area contributed by atoms with E-state index in [-0.39, 0.29) is 11.1 Å². The van der Waals surface area contributed by atoms with Crippen LogP contribution in [0.1, 0.15) is 11.1 Å². The molecule has 1 nitrogen and oxygen atoms in total. The van der Waals surface area contributed by atoms with Crippen molar-refractivity contribution in [1.29, 1.82) is 0 Å². The van der Waals surface area contributed by atoms with Gasteiger partial charge >= 0.3 is 6.18 Å². The van der Waals surface area contributed by atoms with E-state index in [9.17, 15) is 18.0 Å². The van der Waals surface area contributed by atoms with E-state index < -0.39 is 11.7 Å². The van der Waals surface area contributed by atoms with E-state index in [2.05, 4.69) is 11.8 Å². The van der Waals surface area contributed by atoms with Gasteiger partial charge in [-0.05, 0) is 29.2 Å². The van der Waals surface area contributed by atoms with Crippen molar-refractivity contribution in [2.24, 2.45) is 0 Å². The van der Waals surface area contributed by atoms with Crippen LogP contribution in [0.2, 0.25) is 0 Å². The Balaban J connectivity index is 2.61. The number of hydrogen-bond acceptors (Lipinski definition) is 1. The lowest BCUT2D eigenvalue weighted by Crippen LogP contribution is -2.07. The minimum Gasteiger partial charge on any atom is -0.289 e. The molecule has 0 saturated heterocycles. The summed E-state index contributed by atoms with van der Waals surface area (Å²) in [5, 5.41) is 0. The van der Waals surface area contributed by atoms with Gasteiger partial charge in [-0.15, -0.1) is 0 Å². The Kier molecular flexibility index (Phi) is 3.90. The second-order valence-corrected chi connectivity index (χ2v) is 4.01. The molecule has 0 aromatic heterocycles. The van der Waals surface area contributed by atoms with Crippen molar-refractivity contribution in [3.8, 4) is 23.0 Å². The number of alkyl halides is 3. The summed E-state index contributed by atoms with van der Waals surface area (Å²) in [5.41, 5.74) is -0.0324. The molecule has 0 heterocycles. The van der Waals surface area contributed by atoms with E-state index in [0.29, 0.717) is 11.8 Å². The van der Waals surface area contributed by atoms with Gasteiger partial charge in [-0.25, -0.2) is 0 Å². The Morgan fingerprint density at radius 3 is 2.30 bits per heavy atom. The van der Waals surface area contributed by atoms with Crippen LogP contribution in [0.3, 0.4) is 0 Å². The molecule has 100 valence electrons. The first-order valence-electron chi connectivity index (χ1n) is 5.74. The summed E-state index contributed by atoms with van der Waals surface area (Å²) in [4.78, 5) is 10.2. The maximum atomic E-state index is 13.1. The topological polar surface area (TPSA) is 17.1 Å². The third-order valence-electron chi connectivity index (χ3n) is 2.69. The molecule has 0 aliphatic carbocycles. The second kappa shape index (κ2) is 5.62. The number of hydrogen-bond donors (Lipinski definition) is 0. The van der Waals surface area contributed by atoms with E-state index >= 15 is 0 Å². The van der Waals surface area contributed by atoms with E-state index in [1.165, 1.54) is 12.1 Å². The summed E-state index contributed by atoms with van der Waals surface area (Å²) in [5.74, 6) is 4.47. The van der Waals surface area contributed by atoms with Crippen LogP contribution in [0.25, 0.3) is 11.1 Å². The van der Waals surface area contributed by atoms with Gasteiger partial charge in [-0.3, -0.25) is 4.79 Å². The molecule has 0 aliphatic heterocycles. The molecule has 0 radical (unpaired) electrons. The monoisotopic (exact) mass is 274 g/mol. The highest BCUT2D eigenvalue weighted by atomic mass is 19.4. The van der Waals surface area contributed by atoms with E-state index in [0.717, 1.165) is 6.07 Å². The molecule has 0 aliphatic rings. The Morgan fingerprint density at radius 2 is 1.70 bits per heavy atom. The third-order valence-corrected chi connectivity index (χ3v) is 2.69.